The van der Waals surface area contributed by atoms with E-state index in [1.807, 2.05) is 12.1 Å². The number of benzene rings is 1. The molecule has 0 saturated carbocycles. The fourth-order valence-electron chi connectivity index (χ4n) is 2.33. The lowest BCUT2D eigenvalue weighted by atomic mass is 10.1. The van der Waals surface area contributed by atoms with Gasteiger partial charge in [0.15, 0.2) is 0 Å². The minimum atomic E-state index is -0.225. The molecule has 1 atom stereocenters. The third-order valence-corrected chi connectivity index (χ3v) is 4.40. The number of nitrogens with one attached hydrogen (secondary N) is 1. The zero-order valence-corrected chi connectivity index (χ0v) is 13.6. The molecule has 0 saturated heterocycles. The maximum absolute atomic E-state index is 12.9. The van der Waals surface area contributed by atoms with Crippen LogP contribution in [0, 0.1) is 5.82 Å². The number of hydrogen-bond acceptors (Lipinski definition) is 5. The van der Waals surface area contributed by atoms with Gasteiger partial charge in [-0.15, -0.1) is 10.2 Å². The van der Waals surface area contributed by atoms with Gasteiger partial charge in [-0.3, -0.25) is 4.98 Å². The predicted molar refractivity (Wildman–Crippen MR) is 90.0 cm³/mol. The number of anilines is 1. The molecule has 3 aromatic rings. The standard InChI is InChI=1S/C17H17FN4S/c1-2-15(13-7-9-19-10-8-13)20-17-22-21-16(23-17)11-12-3-5-14(18)6-4-12/h3-10,15H,2,11H2,1H3,(H,20,22). The van der Waals surface area contributed by atoms with Crippen LogP contribution in [0.5, 0.6) is 0 Å². The van der Waals surface area contributed by atoms with Crippen LogP contribution in [0.15, 0.2) is 48.8 Å². The summed E-state index contributed by atoms with van der Waals surface area (Å²) in [6.45, 7) is 2.12. The molecular formula is C17H17FN4S. The molecule has 23 heavy (non-hydrogen) atoms. The van der Waals surface area contributed by atoms with E-state index in [2.05, 4.69) is 27.4 Å². The summed E-state index contributed by atoms with van der Waals surface area (Å²) in [6.07, 6.45) is 5.18. The van der Waals surface area contributed by atoms with Gasteiger partial charge in [-0.1, -0.05) is 30.4 Å². The summed E-state index contributed by atoms with van der Waals surface area (Å²) in [6, 6.07) is 10.7. The molecule has 0 spiro atoms. The third-order valence-electron chi connectivity index (χ3n) is 3.55. The average Bonchev–Trinajstić information content (AvgIpc) is 3.03. The van der Waals surface area contributed by atoms with E-state index in [4.69, 9.17) is 0 Å². The van der Waals surface area contributed by atoms with Crippen LogP contribution < -0.4 is 5.32 Å². The summed E-state index contributed by atoms with van der Waals surface area (Å²) >= 11 is 1.53. The molecule has 0 fully saturated rings. The molecule has 2 heterocycles. The molecule has 118 valence electrons. The van der Waals surface area contributed by atoms with Crippen molar-refractivity contribution in [2.45, 2.75) is 25.8 Å². The Bertz CT molecular complexity index is 743. The Morgan fingerprint density at radius 3 is 2.52 bits per heavy atom. The van der Waals surface area contributed by atoms with E-state index in [1.165, 1.54) is 29.0 Å². The highest BCUT2D eigenvalue weighted by atomic mass is 32.1. The normalized spacial score (nSPS) is 12.1. The highest BCUT2D eigenvalue weighted by Crippen LogP contribution is 2.25. The Morgan fingerprint density at radius 2 is 1.83 bits per heavy atom. The average molecular weight is 328 g/mol. The van der Waals surface area contributed by atoms with E-state index >= 15 is 0 Å². The summed E-state index contributed by atoms with van der Waals surface area (Å²) in [5, 5.41) is 13.5. The van der Waals surface area contributed by atoms with Gasteiger partial charge in [0.25, 0.3) is 0 Å². The Labute approximate surface area is 138 Å². The zero-order chi connectivity index (χ0) is 16.1. The number of aromatic nitrogens is 3. The molecule has 2 aromatic heterocycles. The molecule has 0 amide bonds. The number of pyridine rings is 1. The molecule has 0 aliphatic rings. The predicted octanol–water partition coefficient (Wildman–Crippen LogP) is 4.23. The van der Waals surface area contributed by atoms with Crippen molar-refractivity contribution in [1.82, 2.24) is 15.2 Å². The van der Waals surface area contributed by atoms with Crippen LogP contribution in [0.4, 0.5) is 9.52 Å². The maximum atomic E-state index is 12.9. The monoisotopic (exact) mass is 328 g/mol. The second-order valence-electron chi connectivity index (χ2n) is 5.19. The Kier molecular flexibility index (Phi) is 4.92. The van der Waals surface area contributed by atoms with Gasteiger partial charge in [0.05, 0.1) is 6.04 Å². The van der Waals surface area contributed by atoms with E-state index in [0.717, 1.165) is 22.1 Å². The first-order valence-electron chi connectivity index (χ1n) is 7.48. The minimum absolute atomic E-state index is 0.185. The van der Waals surface area contributed by atoms with Gasteiger partial charge in [0.1, 0.15) is 10.8 Å². The van der Waals surface area contributed by atoms with Crippen molar-refractivity contribution in [2.75, 3.05) is 5.32 Å². The van der Waals surface area contributed by atoms with E-state index < -0.39 is 0 Å². The first-order valence-corrected chi connectivity index (χ1v) is 8.29. The molecule has 0 aliphatic heterocycles. The van der Waals surface area contributed by atoms with Crippen LogP contribution in [0.1, 0.15) is 35.5 Å². The first kappa shape index (κ1) is 15.6. The molecule has 1 N–H and O–H groups in total. The van der Waals surface area contributed by atoms with Gasteiger partial charge >= 0.3 is 0 Å². The van der Waals surface area contributed by atoms with Crippen LogP contribution in [0.2, 0.25) is 0 Å². The molecule has 6 heteroatoms. The maximum Gasteiger partial charge on any atom is 0.206 e. The van der Waals surface area contributed by atoms with Crippen LogP contribution in [0.25, 0.3) is 0 Å². The third kappa shape index (κ3) is 4.10. The highest BCUT2D eigenvalue weighted by molar-refractivity contribution is 7.15. The largest absolute Gasteiger partial charge is 0.353 e. The number of hydrogen-bond donors (Lipinski definition) is 1. The van der Waals surface area contributed by atoms with Crippen LogP contribution in [0.3, 0.4) is 0 Å². The van der Waals surface area contributed by atoms with Crippen molar-refractivity contribution in [3.63, 3.8) is 0 Å². The number of rotatable bonds is 6. The number of nitrogens with zero attached hydrogens (tertiary/aromatic N) is 3. The van der Waals surface area contributed by atoms with Crippen LogP contribution >= 0.6 is 11.3 Å². The lowest BCUT2D eigenvalue weighted by molar-refractivity contribution is 0.627. The van der Waals surface area contributed by atoms with Gasteiger partial charge < -0.3 is 5.32 Å². The fraction of sp³-hybridized carbons (Fsp3) is 0.235. The van der Waals surface area contributed by atoms with Crippen molar-refractivity contribution in [3.05, 3.63) is 70.7 Å². The first-order chi connectivity index (χ1) is 11.2. The zero-order valence-electron chi connectivity index (χ0n) is 12.7. The fourth-order valence-corrected chi connectivity index (χ4v) is 3.15. The second kappa shape index (κ2) is 7.28. The molecule has 0 aliphatic carbocycles. The summed E-state index contributed by atoms with van der Waals surface area (Å²) in [5.74, 6) is -0.225. The van der Waals surface area contributed by atoms with Gasteiger partial charge in [0, 0.05) is 18.8 Å². The summed E-state index contributed by atoms with van der Waals surface area (Å²) < 4.78 is 12.9. The minimum Gasteiger partial charge on any atom is -0.353 e. The SMILES string of the molecule is CCC(Nc1nnc(Cc2ccc(F)cc2)s1)c1ccncc1. The lowest BCUT2D eigenvalue weighted by Crippen LogP contribution is -2.09. The summed E-state index contributed by atoms with van der Waals surface area (Å²) in [4.78, 5) is 4.05. The van der Waals surface area contributed by atoms with Crippen molar-refractivity contribution >= 4 is 16.5 Å². The Hall–Kier alpha value is -2.34. The van der Waals surface area contributed by atoms with Gasteiger partial charge in [-0.2, -0.15) is 0 Å². The molecule has 0 bridgehead atoms. The highest BCUT2D eigenvalue weighted by Gasteiger charge is 2.12. The van der Waals surface area contributed by atoms with Crippen LogP contribution in [-0.4, -0.2) is 15.2 Å². The van der Waals surface area contributed by atoms with Crippen molar-refractivity contribution in [1.29, 1.82) is 0 Å². The molecule has 3 rings (SSSR count). The van der Waals surface area contributed by atoms with Gasteiger partial charge in [-0.25, -0.2) is 4.39 Å². The van der Waals surface area contributed by atoms with Crippen LogP contribution in [-0.2, 0) is 6.42 Å². The smallest absolute Gasteiger partial charge is 0.206 e. The lowest BCUT2D eigenvalue weighted by Gasteiger charge is -2.15. The van der Waals surface area contributed by atoms with E-state index in [0.29, 0.717) is 6.42 Å². The Balaban J connectivity index is 1.68. The van der Waals surface area contributed by atoms with Gasteiger partial charge in [-0.05, 0) is 41.8 Å². The quantitative estimate of drug-likeness (QED) is 0.736. The molecular weight excluding hydrogens is 311 g/mol. The number of halogens is 1. The topological polar surface area (TPSA) is 50.7 Å². The van der Waals surface area contributed by atoms with E-state index in [-0.39, 0.29) is 11.9 Å². The molecule has 1 unspecified atom stereocenters. The molecule has 1 aromatic carbocycles. The van der Waals surface area contributed by atoms with Crippen molar-refractivity contribution in [2.24, 2.45) is 0 Å². The van der Waals surface area contributed by atoms with E-state index in [9.17, 15) is 4.39 Å². The van der Waals surface area contributed by atoms with Crippen molar-refractivity contribution in [3.8, 4) is 0 Å². The second-order valence-corrected chi connectivity index (χ2v) is 6.25. The molecule has 4 nitrogen and oxygen atoms in total. The molecule has 0 radical (unpaired) electrons. The summed E-state index contributed by atoms with van der Waals surface area (Å²) in [7, 11) is 0. The Morgan fingerprint density at radius 1 is 1.09 bits per heavy atom. The van der Waals surface area contributed by atoms with Crippen molar-refractivity contribution < 1.29 is 4.39 Å². The van der Waals surface area contributed by atoms with Gasteiger partial charge in [0.2, 0.25) is 5.13 Å². The van der Waals surface area contributed by atoms with E-state index in [1.54, 1.807) is 24.5 Å². The summed E-state index contributed by atoms with van der Waals surface area (Å²) in [5.41, 5.74) is 2.20.